The van der Waals surface area contributed by atoms with Gasteiger partial charge in [-0.2, -0.15) is 0 Å². The van der Waals surface area contributed by atoms with Crippen LogP contribution in [-0.4, -0.2) is 42.4 Å². The van der Waals surface area contributed by atoms with Gasteiger partial charge in [-0.1, -0.05) is 47.5 Å². The standard InChI is InChI=1S/C27H25Cl2F2N3O2/c1-2-32-25(35)14-26(36)34(23-12-21(30)11-22(31)13-23)24-15-33(16-24)27(17-3-7-19(28)8-4-17)18-5-9-20(29)10-6-18/h3-13,24,27H,2,14-16H2,1H3,(H,32,35). The number of halogens is 4. The Morgan fingerprint density at radius 3 is 1.92 bits per heavy atom. The fourth-order valence-corrected chi connectivity index (χ4v) is 4.74. The lowest BCUT2D eigenvalue weighted by atomic mass is 9.92. The van der Waals surface area contributed by atoms with Gasteiger partial charge in [0.2, 0.25) is 11.8 Å². The Kier molecular flexibility index (Phi) is 8.24. The molecule has 0 radical (unpaired) electrons. The minimum atomic E-state index is -0.794. The zero-order valence-corrected chi connectivity index (χ0v) is 21.1. The topological polar surface area (TPSA) is 52.7 Å². The maximum Gasteiger partial charge on any atom is 0.236 e. The molecule has 0 spiro atoms. The Morgan fingerprint density at radius 1 is 0.944 bits per heavy atom. The molecule has 0 aliphatic carbocycles. The second-order valence-corrected chi connectivity index (χ2v) is 9.51. The third-order valence-electron chi connectivity index (χ3n) is 6.07. The van der Waals surface area contributed by atoms with Crippen molar-refractivity contribution >= 4 is 40.7 Å². The number of hydrogen-bond donors (Lipinski definition) is 1. The molecule has 4 rings (SSSR count). The number of amides is 2. The lowest BCUT2D eigenvalue weighted by Crippen LogP contribution is -2.62. The van der Waals surface area contributed by atoms with E-state index in [4.69, 9.17) is 23.2 Å². The van der Waals surface area contributed by atoms with Gasteiger partial charge in [-0.05, 0) is 54.4 Å². The summed E-state index contributed by atoms with van der Waals surface area (Å²) >= 11 is 12.2. The van der Waals surface area contributed by atoms with Gasteiger partial charge < -0.3 is 10.2 Å². The molecule has 5 nitrogen and oxygen atoms in total. The van der Waals surface area contributed by atoms with Gasteiger partial charge in [0.15, 0.2) is 0 Å². The molecule has 1 aliphatic rings. The van der Waals surface area contributed by atoms with Gasteiger partial charge in [-0.3, -0.25) is 14.5 Å². The number of rotatable bonds is 8. The monoisotopic (exact) mass is 531 g/mol. The number of anilines is 1. The number of benzene rings is 3. The van der Waals surface area contributed by atoms with Crippen molar-refractivity contribution in [3.05, 3.63) is 99.5 Å². The molecule has 36 heavy (non-hydrogen) atoms. The zero-order valence-electron chi connectivity index (χ0n) is 19.6. The van der Waals surface area contributed by atoms with Crippen LogP contribution in [0, 0.1) is 11.6 Å². The van der Waals surface area contributed by atoms with Crippen LogP contribution < -0.4 is 10.2 Å². The summed E-state index contributed by atoms with van der Waals surface area (Å²) in [5, 5.41) is 3.83. The van der Waals surface area contributed by atoms with Crippen LogP contribution in [0.25, 0.3) is 0 Å². The van der Waals surface area contributed by atoms with Crippen LogP contribution in [0.1, 0.15) is 30.5 Å². The largest absolute Gasteiger partial charge is 0.356 e. The number of nitrogens with zero attached hydrogens (tertiary/aromatic N) is 2. The van der Waals surface area contributed by atoms with Crippen LogP contribution >= 0.6 is 23.2 Å². The van der Waals surface area contributed by atoms with Crippen molar-refractivity contribution in [2.24, 2.45) is 0 Å². The van der Waals surface area contributed by atoms with E-state index in [-0.39, 0.29) is 17.8 Å². The van der Waals surface area contributed by atoms with Crippen molar-refractivity contribution in [3.8, 4) is 0 Å². The first-order valence-electron chi connectivity index (χ1n) is 11.5. The normalized spacial score (nSPS) is 13.9. The molecule has 1 saturated heterocycles. The second-order valence-electron chi connectivity index (χ2n) is 8.64. The van der Waals surface area contributed by atoms with Crippen molar-refractivity contribution in [1.82, 2.24) is 10.2 Å². The van der Waals surface area contributed by atoms with E-state index in [0.717, 1.165) is 29.3 Å². The van der Waals surface area contributed by atoms with Gasteiger partial charge >= 0.3 is 0 Å². The van der Waals surface area contributed by atoms with Gasteiger partial charge in [0.1, 0.15) is 18.1 Å². The SMILES string of the molecule is CCNC(=O)CC(=O)N(c1cc(F)cc(F)c1)C1CN(C(c2ccc(Cl)cc2)c2ccc(Cl)cc2)C1. The summed E-state index contributed by atoms with van der Waals surface area (Å²) in [5.41, 5.74) is 2.08. The van der Waals surface area contributed by atoms with E-state index in [9.17, 15) is 18.4 Å². The Hall–Kier alpha value is -3.00. The minimum Gasteiger partial charge on any atom is -0.356 e. The van der Waals surface area contributed by atoms with E-state index >= 15 is 0 Å². The summed E-state index contributed by atoms with van der Waals surface area (Å²) in [6, 6.07) is 17.4. The zero-order chi connectivity index (χ0) is 25.8. The predicted molar refractivity (Wildman–Crippen MR) is 137 cm³/mol. The molecule has 3 aromatic carbocycles. The quantitative estimate of drug-likeness (QED) is 0.384. The van der Waals surface area contributed by atoms with E-state index in [0.29, 0.717) is 29.7 Å². The molecule has 3 aromatic rings. The van der Waals surface area contributed by atoms with Crippen molar-refractivity contribution in [1.29, 1.82) is 0 Å². The third-order valence-corrected chi connectivity index (χ3v) is 6.58. The van der Waals surface area contributed by atoms with E-state index in [1.54, 1.807) is 6.92 Å². The van der Waals surface area contributed by atoms with Crippen LogP contribution in [-0.2, 0) is 9.59 Å². The maximum absolute atomic E-state index is 14.0. The number of nitrogens with one attached hydrogen (secondary N) is 1. The molecule has 0 atom stereocenters. The highest BCUT2D eigenvalue weighted by atomic mass is 35.5. The van der Waals surface area contributed by atoms with E-state index in [1.807, 2.05) is 48.5 Å². The van der Waals surface area contributed by atoms with Crippen LogP contribution in [0.15, 0.2) is 66.7 Å². The van der Waals surface area contributed by atoms with Gasteiger partial charge in [0, 0.05) is 41.4 Å². The Morgan fingerprint density at radius 2 is 1.44 bits per heavy atom. The van der Waals surface area contributed by atoms with Crippen molar-refractivity contribution < 1.29 is 18.4 Å². The lowest BCUT2D eigenvalue weighted by Gasteiger charge is -2.49. The molecule has 1 fully saturated rings. The summed E-state index contributed by atoms with van der Waals surface area (Å²) in [4.78, 5) is 28.7. The fourth-order valence-electron chi connectivity index (χ4n) is 4.49. The summed E-state index contributed by atoms with van der Waals surface area (Å²) in [5.74, 6) is -2.56. The molecule has 188 valence electrons. The van der Waals surface area contributed by atoms with Gasteiger partial charge in [-0.25, -0.2) is 8.78 Å². The van der Waals surface area contributed by atoms with Crippen LogP contribution in [0.4, 0.5) is 14.5 Å². The molecule has 0 saturated carbocycles. The highest BCUT2D eigenvalue weighted by molar-refractivity contribution is 6.30. The van der Waals surface area contributed by atoms with E-state index in [1.165, 1.54) is 4.90 Å². The van der Waals surface area contributed by atoms with Gasteiger partial charge in [-0.15, -0.1) is 0 Å². The van der Waals surface area contributed by atoms with Gasteiger partial charge in [0.25, 0.3) is 0 Å². The smallest absolute Gasteiger partial charge is 0.236 e. The molecule has 0 aromatic heterocycles. The minimum absolute atomic E-state index is 0.0842. The second kappa shape index (κ2) is 11.4. The molecule has 2 amide bonds. The lowest BCUT2D eigenvalue weighted by molar-refractivity contribution is -0.128. The first-order chi connectivity index (χ1) is 17.2. The average Bonchev–Trinajstić information content (AvgIpc) is 2.79. The number of hydrogen-bond acceptors (Lipinski definition) is 3. The maximum atomic E-state index is 14.0. The van der Waals surface area contributed by atoms with Crippen LogP contribution in [0.5, 0.6) is 0 Å². The first-order valence-corrected chi connectivity index (χ1v) is 12.3. The van der Waals surface area contributed by atoms with Crippen molar-refractivity contribution in [2.45, 2.75) is 25.4 Å². The number of carbonyl (C=O) groups excluding carboxylic acids is 2. The Labute approximate surface area is 218 Å². The highest BCUT2D eigenvalue weighted by Gasteiger charge is 2.40. The molecule has 9 heteroatoms. The summed E-state index contributed by atoms with van der Waals surface area (Å²) < 4.78 is 28.1. The molecule has 1 aliphatic heterocycles. The Bertz CT molecular complexity index is 1170. The summed E-state index contributed by atoms with van der Waals surface area (Å²) in [7, 11) is 0. The van der Waals surface area contributed by atoms with Crippen LogP contribution in [0.2, 0.25) is 10.0 Å². The van der Waals surface area contributed by atoms with Gasteiger partial charge in [0.05, 0.1) is 12.1 Å². The number of carbonyl (C=O) groups is 2. The highest BCUT2D eigenvalue weighted by Crippen LogP contribution is 2.36. The van der Waals surface area contributed by atoms with Crippen molar-refractivity contribution in [3.63, 3.8) is 0 Å². The molecule has 0 bridgehead atoms. The summed E-state index contributed by atoms with van der Waals surface area (Å²) in [6.07, 6.45) is -0.416. The van der Waals surface area contributed by atoms with Crippen molar-refractivity contribution in [2.75, 3.05) is 24.5 Å². The fraction of sp³-hybridized carbons (Fsp3) is 0.259. The molecular weight excluding hydrogens is 507 g/mol. The Balaban J connectivity index is 1.62. The van der Waals surface area contributed by atoms with E-state index < -0.39 is 29.9 Å². The molecule has 1 N–H and O–H groups in total. The summed E-state index contributed by atoms with van der Waals surface area (Å²) in [6.45, 7) is 2.98. The third kappa shape index (κ3) is 6.03. The predicted octanol–water partition coefficient (Wildman–Crippen LogP) is 5.60. The molecule has 1 heterocycles. The van der Waals surface area contributed by atoms with E-state index in [2.05, 4.69) is 10.2 Å². The molecular formula is C27H25Cl2F2N3O2. The first kappa shape index (κ1) is 26.1. The molecule has 0 unspecified atom stereocenters. The number of likely N-dealkylation sites (tertiary alicyclic amines) is 1. The van der Waals surface area contributed by atoms with Crippen LogP contribution in [0.3, 0.4) is 0 Å². The average molecular weight is 532 g/mol.